The average Bonchev–Trinajstić information content (AvgIpc) is 3.22. The first kappa shape index (κ1) is 19.9. The van der Waals surface area contributed by atoms with Gasteiger partial charge in [-0.1, -0.05) is 29.5 Å². The first-order valence-electron chi connectivity index (χ1n) is 8.98. The van der Waals surface area contributed by atoms with E-state index in [1.54, 1.807) is 52.2 Å². The van der Waals surface area contributed by atoms with Gasteiger partial charge in [0.1, 0.15) is 0 Å². The van der Waals surface area contributed by atoms with Gasteiger partial charge in [0, 0.05) is 27.7 Å². The highest BCUT2D eigenvalue weighted by Gasteiger charge is 2.22. The molecule has 29 heavy (non-hydrogen) atoms. The van der Waals surface area contributed by atoms with E-state index in [2.05, 4.69) is 17.1 Å². The third kappa shape index (κ3) is 4.32. The van der Waals surface area contributed by atoms with E-state index in [9.17, 15) is 4.79 Å². The Morgan fingerprint density at radius 1 is 1.07 bits per heavy atom. The molecule has 0 saturated heterocycles. The Morgan fingerprint density at radius 3 is 2.69 bits per heavy atom. The third-order valence-corrected chi connectivity index (χ3v) is 6.99. The highest BCUT2D eigenvalue weighted by atomic mass is 32.2. The number of nitrogens with zero attached hydrogens (tertiary/aromatic N) is 3. The van der Waals surface area contributed by atoms with Crippen LogP contribution in [0.15, 0.2) is 76.8 Å². The van der Waals surface area contributed by atoms with Crippen molar-refractivity contribution in [2.75, 3.05) is 17.4 Å². The molecule has 0 unspecified atom stereocenters. The number of carbonyl (C=O) groups is 1. The van der Waals surface area contributed by atoms with Gasteiger partial charge in [-0.2, -0.15) is 0 Å². The van der Waals surface area contributed by atoms with Crippen LogP contribution >= 0.6 is 34.9 Å². The number of thiazole rings is 1. The highest BCUT2D eigenvalue weighted by molar-refractivity contribution is 7.99. The number of rotatable bonds is 6. The number of thioether (sulfide) groups is 2. The third-order valence-electron chi connectivity index (χ3n) is 4.45. The van der Waals surface area contributed by atoms with E-state index in [0.717, 1.165) is 25.6 Å². The molecule has 2 aromatic carbocycles. The van der Waals surface area contributed by atoms with Gasteiger partial charge in [0.25, 0.3) is 5.91 Å². The molecule has 2 aromatic heterocycles. The van der Waals surface area contributed by atoms with Crippen molar-refractivity contribution in [3.8, 4) is 0 Å². The fourth-order valence-electron chi connectivity index (χ4n) is 3.00. The number of aromatic nitrogens is 2. The lowest BCUT2D eigenvalue weighted by molar-refractivity contribution is 0.0985. The van der Waals surface area contributed by atoms with Crippen molar-refractivity contribution >= 4 is 56.1 Å². The van der Waals surface area contributed by atoms with Crippen molar-refractivity contribution in [2.24, 2.45) is 0 Å². The molecule has 0 aliphatic heterocycles. The van der Waals surface area contributed by atoms with Crippen molar-refractivity contribution in [3.63, 3.8) is 0 Å². The van der Waals surface area contributed by atoms with Crippen LogP contribution in [0.1, 0.15) is 15.9 Å². The topological polar surface area (TPSA) is 46.1 Å². The molecular formula is C22H19N3OS3. The van der Waals surface area contributed by atoms with Crippen molar-refractivity contribution < 1.29 is 4.79 Å². The molecule has 0 bridgehead atoms. The van der Waals surface area contributed by atoms with E-state index in [1.807, 2.05) is 55.0 Å². The normalized spacial score (nSPS) is 11.0. The van der Waals surface area contributed by atoms with Gasteiger partial charge in [-0.05, 0) is 54.5 Å². The van der Waals surface area contributed by atoms with Crippen LogP contribution in [0.3, 0.4) is 0 Å². The van der Waals surface area contributed by atoms with Crippen LogP contribution in [-0.2, 0) is 6.54 Å². The summed E-state index contributed by atoms with van der Waals surface area (Å²) < 4.78 is 1.08. The summed E-state index contributed by atoms with van der Waals surface area (Å²) in [6.45, 7) is 0.421. The molecule has 0 radical (unpaired) electrons. The van der Waals surface area contributed by atoms with Gasteiger partial charge in [0.2, 0.25) is 0 Å². The number of hydrogen-bond acceptors (Lipinski definition) is 6. The van der Waals surface area contributed by atoms with E-state index >= 15 is 0 Å². The maximum absolute atomic E-state index is 13.5. The zero-order chi connectivity index (χ0) is 20.2. The van der Waals surface area contributed by atoms with Gasteiger partial charge < -0.3 is 0 Å². The molecule has 146 valence electrons. The predicted molar refractivity (Wildman–Crippen MR) is 124 cm³/mol. The summed E-state index contributed by atoms with van der Waals surface area (Å²) in [5, 5.41) is 0.699. The summed E-state index contributed by atoms with van der Waals surface area (Å²) in [5.41, 5.74) is 2.57. The zero-order valence-corrected chi connectivity index (χ0v) is 18.5. The predicted octanol–water partition coefficient (Wildman–Crippen LogP) is 5.98. The molecule has 4 rings (SSSR count). The van der Waals surface area contributed by atoms with E-state index in [4.69, 9.17) is 4.98 Å². The van der Waals surface area contributed by atoms with Crippen LogP contribution in [0.5, 0.6) is 0 Å². The second-order valence-corrected chi connectivity index (χ2v) is 9.02. The Labute approximate surface area is 182 Å². The Morgan fingerprint density at radius 2 is 1.93 bits per heavy atom. The molecule has 4 nitrogen and oxygen atoms in total. The van der Waals surface area contributed by atoms with Gasteiger partial charge >= 0.3 is 0 Å². The molecule has 0 aliphatic carbocycles. The molecule has 4 aromatic rings. The molecule has 0 spiro atoms. The highest BCUT2D eigenvalue weighted by Crippen LogP contribution is 2.35. The Hall–Kier alpha value is -2.35. The zero-order valence-electron chi connectivity index (χ0n) is 16.0. The van der Waals surface area contributed by atoms with Crippen LogP contribution in [0.4, 0.5) is 5.13 Å². The maximum atomic E-state index is 13.5. The van der Waals surface area contributed by atoms with Crippen molar-refractivity contribution in [2.45, 2.75) is 16.3 Å². The number of carbonyl (C=O) groups excluding carboxylic acids is 1. The second-order valence-electron chi connectivity index (χ2n) is 6.29. The minimum Gasteiger partial charge on any atom is -0.279 e. The van der Waals surface area contributed by atoms with E-state index in [1.165, 1.54) is 0 Å². The monoisotopic (exact) mass is 437 g/mol. The minimum atomic E-state index is -0.0606. The van der Waals surface area contributed by atoms with E-state index in [-0.39, 0.29) is 5.91 Å². The quantitative estimate of drug-likeness (QED) is 0.347. The maximum Gasteiger partial charge on any atom is 0.260 e. The Kier molecular flexibility index (Phi) is 6.18. The molecule has 0 N–H and O–H groups in total. The average molecular weight is 438 g/mol. The SMILES string of the molecule is CSc1cccc(C(=O)N(Cc2cccnc2)c2nc3c(SC)cccc3s2)c1. The molecule has 0 saturated carbocycles. The lowest BCUT2D eigenvalue weighted by Gasteiger charge is -2.20. The van der Waals surface area contributed by atoms with E-state index in [0.29, 0.717) is 17.2 Å². The molecule has 0 aliphatic rings. The van der Waals surface area contributed by atoms with Gasteiger partial charge in [0.15, 0.2) is 5.13 Å². The van der Waals surface area contributed by atoms with Gasteiger partial charge in [-0.25, -0.2) is 4.98 Å². The fraction of sp³-hybridized carbons (Fsp3) is 0.136. The number of para-hydroxylation sites is 1. The van der Waals surface area contributed by atoms with Crippen molar-refractivity contribution in [3.05, 3.63) is 78.1 Å². The summed E-state index contributed by atoms with van der Waals surface area (Å²) in [7, 11) is 0. The minimum absolute atomic E-state index is 0.0606. The van der Waals surface area contributed by atoms with E-state index < -0.39 is 0 Å². The van der Waals surface area contributed by atoms with Crippen LogP contribution in [-0.4, -0.2) is 28.4 Å². The fourth-order valence-corrected chi connectivity index (χ4v) is 5.08. The lowest BCUT2D eigenvalue weighted by Crippen LogP contribution is -2.30. The number of anilines is 1. The first-order valence-corrected chi connectivity index (χ1v) is 12.2. The second kappa shape index (κ2) is 8.98. The van der Waals surface area contributed by atoms with Crippen molar-refractivity contribution in [1.82, 2.24) is 9.97 Å². The lowest BCUT2D eigenvalue weighted by atomic mass is 10.2. The summed E-state index contributed by atoms with van der Waals surface area (Å²) in [4.78, 5) is 26.5. The largest absolute Gasteiger partial charge is 0.279 e. The van der Waals surface area contributed by atoms with Crippen molar-refractivity contribution in [1.29, 1.82) is 0 Å². The van der Waals surface area contributed by atoms with Crippen LogP contribution in [0, 0.1) is 0 Å². The summed E-state index contributed by atoms with van der Waals surface area (Å²) in [5.74, 6) is -0.0606. The van der Waals surface area contributed by atoms with Crippen LogP contribution < -0.4 is 4.90 Å². The van der Waals surface area contributed by atoms with Crippen LogP contribution in [0.2, 0.25) is 0 Å². The van der Waals surface area contributed by atoms with Crippen LogP contribution in [0.25, 0.3) is 10.2 Å². The standard InChI is InChI=1S/C22H19N3OS3/c1-27-17-8-3-7-16(12-17)21(26)25(14-15-6-5-11-23-13-15)22-24-20-18(28-2)9-4-10-19(20)29-22/h3-13H,14H2,1-2H3. The molecule has 0 atom stereocenters. The Bertz CT molecular complexity index is 1140. The summed E-state index contributed by atoms with van der Waals surface area (Å²) >= 11 is 4.83. The smallest absolute Gasteiger partial charge is 0.260 e. The first-order chi connectivity index (χ1) is 14.2. The summed E-state index contributed by atoms with van der Waals surface area (Å²) in [6, 6.07) is 17.7. The molecule has 0 fully saturated rings. The molecule has 2 heterocycles. The van der Waals surface area contributed by atoms with Gasteiger partial charge in [0.05, 0.1) is 16.8 Å². The van der Waals surface area contributed by atoms with Gasteiger partial charge in [-0.3, -0.25) is 14.7 Å². The molecule has 7 heteroatoms. The molecular weight excluding hydrogens is 418 g/mol. The van der Waals surface area contributed by atoms with Gasteiger partial charge in [-0.15, -0.1) is 23.5 Å². The number of pyridine rings is 1. The number of amides is 1. The number of fused-ring (bicyclic) bond motifs is 1. The number of hydrogen-bond donors (Lipinski definition) is 0. The Balaban J connectivity index is 1.79. The molecule has 1 amide bonds. The summed E-state index contributed by atoms with van der Waals surface area (Å²) in [6.07, 6.45) is 7.58. The number of benzene rings is 2.